The maximum atomic E-state index is 12.4. The van der Waals surface area contributed by atoms with Crippen LogP contribution in [0.4, 0.5) is 5.69 Å². The van der Waals surface area contributed by atoms with Crippen LogP contribution >= 0.6 is 11.8 Å². The summed E-state index contributed by atoms with van der Waals surface area (Å²) < 4.78 is 7.41. The molecule has 0 spiro atoms. The van der Waals surface area contributed by atoms with Crippen molar-refractivity contribution in [3.05, 3.63) is 84.3 Å². The zero-order valence-electron chi connectivity index (χ0n) is 15.9. The second-order valence-electron chi connectivity index (χ2n) is 6.33. The van der Waals surface area contributed by atoms with Gasteiger partial charge in [-0.15, -0.1) is 10.2 Å². The summed E-state index contributed by atoms with van der Waals surface area (Å²) in [6, 6.07) is 22.4. The molecule has 148 valence electrons. The number of hydrogen-bond donors (Lipinski definition) is 1. The molecule has 0 aliphatic heterocycles. The zero-order chi connectivity index (χ0) is 20.8. The number of nitrogens with zero attached hydrogens (tertiary/aromatic N) is 4. The van der Waals surface area contributed by atoms with Crippen LogP contribution in [0.1, 0.15) is 11.3 Å². The van der Waals surface area contributed by atoms with Crippen LogP contribution in [0.2, 0.25) is 0 Å². The third-order valence-corrected chi connectivity index (χ3v) is 5.26. The highest BCUT2D eigenvalue weighted by Crippen LogP contribution is 2.25. The maximum absolute atomic E-state index is 12.4. The molecule has 0 aliphatic rings. The molecule has 1 N–H and O–H groups in total. The average molecular weight is 415 g/mol. The van der Waals surface area contributed by atoms with Crippen molar-refractivity contribution < 1.29 is 9.21 Å². The van der Waals surface area contributed by atoms with Gasteiger partial charge in [0.25, 0.3) is 0 Å². The van der Waals surface area contributed by atoms with Crippen molar-refractivity contribution in [1.82, 2.24) is 14.8 Å². The monoisotopic (exact) mass is 415 g/mol. The number of nitrogens with one attached hydrogen (secondary N) is 1. The van der Waals surface area contributed by atoms with Crippen molar-refractivity contribution >= 4 is 23.4 Å². The lowest BCUT2D eigenvalue weighted by molar-refractivity contribution is -0.113. The molecule has 4 aromatic rings. The minimum absolute atomic E-state index is 0.130. The van der Waals surface area contributed by atoms with E-state index in [-0.39, 0.29) is 11.7 Å². The molecule has 0 aliphatic carbocycles. The van der Waals surface area contributed by atoms with Crippen LogP contribution in [0, 0.1) is 11.3 Å². The number of aromatic nitrogens is 3. The van der Waals surface area contributed by atoms with E-state index in [1.165, 1.54) is 11.8 Å². The number of amides is 1. The smallest absolute Gasteiger partial charge is 0.234 e. The first-order valence-electron chi connectivity index (χ1n) is 9.17. The molecule has 0 bridgehead atoms. The molecule has 1 amide bonds. The summed E-state index contributed by atoms with van der Waals surface area (Å²) in [6.45, 7) is 0.450. The Morgan fingerprint density at radius 3 is 2.63 bits per heavy atom. The molecule has 2 aromatic heterocycles. The maximum Gasteiger partial charge on any atom is 0.234 e. The zero-order valence-corrected chi connectivity index (χ0v) is 16.7. The van der Waals surface area contributed by atoms with E-state index in [1.807, 2.05) is 47.0 Å². The molecule has 2 aromatic carbocycles. The van der Waals surface area contributed by atoms with Gasteiger partial charge in [0.1, 0.15) is 11.8 Å². The first-order valence-corrected chi connectivity index (χ1v) is 10.2. The third-order valence-electron chi connectivity index (χ3n) is 4.30. The number of rotatable bonds is 7. The van der Waals surface area contributed by atoms with Crippen molar-refractivity contribution in [3.8, 4) is 17.5 Å². The van der Waals surface area contributed by atoms with E-state index in [9.17, 15) is 10.1 Å². The van der Waals surface area contributed by atoms with Crippen molar-refractivity contribution in [2.45, 2.75) is 11.7 Å². The highest BCUT2D eigenvalue weighted by atomic mass is 32.2. The van der Waals surface area contributed by atoms with Gasteiger partial charge in [-0.05, 0) is 24.3 Å². The summed E-state index contributed by atoms with van der Waals surface area (Å²) in [5, 5.41) is 21.2. The molecule has 0 atom stereocenters. The van der Waals surface area contributed by atoms with E-state index in [0.29, 0.717) is 28.8 Å². The molecule has 30 heavy (non-hydrogen) atoms. The van der Waals surface area contributed by atoms with Gasteiger partial charge < -0.3 is 9.73 Å². The van der Waals surface area contributed by atoms with E-state index >= 15 is 0 Å². The van der Waals surface area contributed by atoms with Crippen molar-refractivity contribution in [2.75, 3.05) is 11.1 Å². The standard InChI is InChI=1S/C22H17N5O2S/c23-13-17-9-4-5-11-19(17)24-20(28)15-30-22-26-25-21(16-7-2-1-3-8-16)27(22)14-18-10-6-12-29-18/h1-12H,14-15H2,(H,24,28). The predicted molar refractivity (Wildman–Crippen MR) is 114 cm³/mol. The Balaban J connectivity index is 1.53. The summed E-state index contributed by atoms with van der Waals surface area (Å²) in [4.78, 5) is 12.4. The fourth-order valence-corrected chi connectivity index (χ4v) is 3.64. The molecular weight excluding hydrogens is 398 g/mol. The Labute approximate surface area is 177 Å². The minimum atomic E-state index is -0.225. The Bertz CT molecular complexity index is 1180. The van der Waals surface area contributed by atoms with Crippen LogP contribution in [0.15, 0.2) is 82.6 Å². The van der Waals surface area contributed by atoms with Gasteiger partial charge in [0.2, 0.25) is 5.91 Å². The SMILES string of the molecule is N#Cc1ccccc1NC(=O)CSc1nnc(-c2ccccc2)n1Cc1ccco1. The van der Waals surface area contributed by atoms with Gasteiger partial charge in [-0.1, -0.05) is 54.2 Å². The van der Waals surface area contributed by atoms with Gasteiger partial charge in [0.05, 0.1) is 29.8 Å². The number of carbonyl (C=O) groups is 1. The minimum Gasteiger partial charge on any atom is -0.467 e. The number of anilines is 1. The second kappa shape index (κ2) is 9.11. The number of furan rings is 1. The average Bonchev–Trinajstić information content (AvgIpc) is 3.44. The normalized spacial score (nSPS) is 10.5. The molecule has 7 nitrogen and oxygen atoms in total. The number of para-hydroxylation sites is 1. The van der Waals surface area contributed by atoms with Crippen molar-refractivity contribution in [2.24, 2.45) is 0 Å². The number of hydrogen-bond acceptors (Lipinski definition) is 6. The summed E-state index contributed by atoms with van der Waals surface area (Å²) in [6.07, 6.45) is 1.62. The Morgan fingerprint density at radius 1 is 1.07 bits per heavy atom. The van der Waals surface area contributed by atoms with Gasteiger partial charge in [-0.2, -0.15) is 5.26 Å². The van der Waals surface area contributed by atoms with Gasteiger partial charge in [0.15, 0.2) is 11.0 Å². The van der Waals surface area contributed by atoms with Gasteiger partial charge in [-0.3, -0.25) is 9.36 Å². The molecule has 0 unspecified atom stereocenters. The largest absolute Gasteiger partial charge is 0.467 e. The number of nitriles is 1. The third kappa shape index (κ3) is 4.42. The van der Waals surface area contributed by atoms with Gasteiger partial charge in [-0.25, -0.2) is 0 Å². The van der Waals surface area contributed by atoms with E-state index in [0.717, 1.165) is 11.3 Å². The highest BCUT2D eigenvalue weighted by Gasteiger charge is 2.17. The number of benzene rings is 2. The van der Waals surface area contributed by atoms with E-state index in [2.05, 4.69) is 21.6 Å². The quantitative estimate of drug-likeness (QED) is 0.455. The topological polar surface area (TPSA) is 96.7 Å². The molecule has 2 heterocycles. The van der Waals surface area contributed by atoms with Crippen LogP contribution in [0.5, 0.6) is 0 Å². The highest BCUT2D eigenvalue weighted by molar-refractivity contribution is 7.99. The van der Waals surface area contributed by atoms with E-state index in [1.54, 1.807) is 30.5 Å². The van der Waals surface area contributed by atoms with Crippen LogP contribution in [-0.4, -0.2) is 26.4 Å². The Hall–Kier alpha value is -3.83. The first kappa shape index (κ1) is 19.5. The number of carbonyl (C=O) groups excluding carboxylic acids is 1. The Kier molecular flexibility index (Phi) is 5.92. The van der Waals surface area contributed by atoms with Crippen LogP contribution < -0.4 is 5.32 Å². The molecule has 0 radical (unpaired) electrons. The lowest BCUT2D eigenvalue weighted by Gasteiger charge is -2.09. The van der Waals surface area contributed by atoms with Gasteiger partial charge >= 0.3 is 0 Å². The van der Waals surface area contributed by atoms with E-state index in [4.69, 9.17) is 4.42 Å². The fraction of sp³-hybridized carbons (Fsp3) is 0.0909. The van der Waals surface area contributed by atoms with Crippen LogP contribution in [0.3, 0.4) is 0 Å². The summed E-state index contributed by atoms with van der Waals surface area (Å²) >= 11 is 1.28. The molecular formula is C22H17N5O2S. The van der Waals surface area contributed by atoms with Crippen LogP contribution in [0.25, 0.3) is 11.4 Å². The molecule has 8 heteroatoms. The van der Waals surface area contributed by atoms with Gasteiger partial charge in [0, 0.05) is 5.56 Å². The molecule has 4 rings (SSSR count). The molecule has 0 saturated carbocycles. The van der Waals surface area contributed by atoms with Crippen LogP contribution in [-0.2, 0) is 11.3 Å². The van der Waals surface area contributed by atoms with Crippen molar-refractivity contribution in [1.29, 1.82) is 5.26 Å². The second-order valence-corrected chi connectivity index (χ2v) is 7.27. The fourth-order valence-electron chi connectivity index (χ4n) is 2.90. The lowest BCUT2D eigenvalue weighted by atomic mass is 10.2. The summed E-state index contributed by atoms with van der Waals surface area (Å²) in [5.41, 5.74) is 1.84. The van der Waals surface area contributed by atoms with Crippen molar-refractivity contribution in [3.63, 3.8) is 0 Å². The molecule has 0 fully saturated rings. The Morgan fingerprint density at radius 2 is 1.87 bits per heavy atom. The van der Waals surface area contributed by atoms with E-state index < -0.39 is 0 Å². The number of thioether (sulfide) groups is 1. The molecule has 0 saturated heterocycles. The summed E-state index contributed by atoms with van der Waals surface area (Å²) in [5.74, 6) is 1.37. The summed E-state index contributed by atoms with van der Waals surface area (Å²) in [7, 11) is 0. The lowest BCUT2D eigenvalue weighted by Crippen LogP contribution is -2.15. The first-order chi connectivity index (χ1) is 14.7. The predicted octanol–water partition coefficient (Wildman–Crippen LogP) is 4.19.